The molecule has 8 atom stereocenters. The van der Waals surface area contributed by atoms with Crippen molar-refractivity contribution in [3.8, 4) is 0 Å². The number of Topliss-reactive ketones (excluding diaryl/α,β-unsaturated/α-hetero) is 1. The summed E-state index contributed by atoms with van der Waals surface area (Å²) in [6, 6.07) is 0. The molecule has 4 fully saturated rings. The highest BCUT2D eigenvalue weighted by Crippen LogP contribution is 2.69. The van der Waals surface area contributed by atoms with E-state index in [1.54, 1.807) is 0 Å². The molecular formula is C27H44Br2O. The van der Waals surface area contributed by atoms with Crippen molar-refractivity contribution in [1.82, 2.24) is 0 Å². The number of rotatable bonds is 5. The largest absolute Gasteiger partial charge is 0.297 e. The molecule has 0 saturated heterocycles. The molecule has 0 N–H and O–H groups in total. The Morgan fingerprint density at radius 2 is 1.63 bits per heavy atom. The maximum absolute atomic E-state index is 12.7. The van der Waals surface area contributed by atoms with E-state index in [-0.39, 0.29) is 0 Å². The molecule has 3 heteroatoms. The minimum Gasteiger partial charge on any atom is -0.297 e. The lowest BCUT2D eigenvalue weighted by Crippen LogP contribution is -2.57. The van der Waals surface area contributed by atoms with Gasteiger partial charge in [-0.3, -0.25) is 4.79 Å². The van der Waals surface area contributed by atoms with Gasteiger partial charge in [0.2, 0.25) is 0 Å². The van der Waals surface area contributed by atoms with Crippen LogP contribution in [-0.2, 0) is 4.79 Å². The summed E-state index contributed by atoms with van der Waals surface area (Å²) in [6.07, 6.45) is 14.4. The Bertz CT molecular complexity index is 657. The number of ketones is 1. The highest BCUT2D eigenvalue weighted by atomic mass is 79.9. The first kappa shape index (κ1) is 23.8. The zero-order chi connectivity index (χ0) is 21.9. The summed E-state index contributed by atoms with van der Waals surface area (Å²) in [5, 5.41) is 0. The van der Waals surface area contributed by atoms with E-state index in [1.165, 1.54) is 57.8 Å². The maximum atomic E-state index is 12.7. The number of hydrogen-bond donors (Lipinski definition) is 0. The second-order valence-electron chi connectivity index (χ2n) is 12.7. The van der Waals surface area contributed by atoms with Crippen molar-refractivity contribution in [3.63, 3.8) is 0 Å². The smallest absolute Gasteiger partial charge is 0.160 e. The Labute approximate surface area is 202 Å². The van der Waals surface area contributed by atoms with Crippen molar-refractivity contribution in [2.75, 3.05) is 0 Å². The van der Waals surface area contributed by atoms with E-state index in [0.717, 1.165) is 48.3 Å². The number of carbonyl (C=O) groups excluding carboxylic acids is 1. The van der Waals surface area contributed by atoms with Crippen molar-refractivity contribution in [2.24, 2.45) is 52.3 Å². The quantitative estimate of drug-likeness (QED) is 0.316. The van der Waals surface area contributed by atoms with Crippen LogP contribution in [0.15, 0.2) is 0 Å². The number of fused-ring (bicyclic) bond motifs is 5. The summed E-state index contributed by atoms with van der Waals surface area (Å²) in [7, 11) is 0. The van der Waals surface area contributed by atoms with Crippen molar-refractivity contribution < 1.29 is 4.79 Å². The Hall–Kier alpha value is 0.630. The fourth-order valence-electron chi connectivity index (χ4n) is 9.12. The van der Waals surface area contributed by atoms with Gasteiger partial charge >= 0.3 is 0 Å². The minimum absolute atomic E-state index is 0.312. The molecule has 4 saturated carbocycles. The third-order valence-corrected chi connectivity index (χ3v) is 12.2. The van der Waals surface area contributed by atoms with Crippen LogP contribution in [0, 0.1) is 52.3 Å². The van der Waals surface area contributed by atoms with Crippen LogP contribution < -0.4 is 0 Å². The number of alkyl halides is 2. The normalized spacial score (nSPS) is 46.3. The van der Waals surface area contributed by atoms with Crippen molar-refractivity contribution in [1.29, 1.82) is 0 Å². The zero-order valence-corrected chi connectivity index (χ0v) is 23.2. The molecule has 0 spiro atoms. The van der Waals surface area contributed by atoms with Gasteiger partial charge < -0.3 is 0 Å². The number of carbonyl (C=O) groups is 1. The van der Waals surface area contributed by atoms with Gasteiger partial charge in [0.15, 0.2) is 5.78 Å². The first-order valence-corrected chi connectivity index (χ1v) is 14.5. The van der Waals surface area contributed by atoms with E-state index in [4.69, 9.17) is 0 Å². The van der Waals surface area contributed by atoms with Gasteiger partial charge in [-0.2, -0.15) is 0 Å². The van der Waals surface area contributed by atoms with Crippen LogP contribution in [0.3, 0.4) is 0 Å². The second kappa shape index (κ2) is 8.44. The minimum atomic E-state index is -0.475. The van der Waals surface area contributed by atoms with E-state index in [0.29, 0.717) is 22.5 Å². The predicted octanol–water partition coefficient (Wildman–Crippen LogP) is 8.77. The van der Waals surface area contributed by atoms with Crippen LogP contribution >= 0.6 is 31.9 Å². The first-order chi connectivity index (χ1) is 14.0. The molecule has 30 heavy (non-hydrogen) atoms. The summed E-state index contributed by atoms with van der Waals surface area (Å²) in [6.45, 7) is 12.5. The van der Waals surface area contributed by atoms with Crippen LogP contribution in [0.2, 0.25) is 0 Å². The Morgan fingerprint density at radius 1 is 0.933 bits per heavy atom. The molecule has 0 aromatic heterocycles. The van der Waals surface area contributed by atoms with Gasteiger partial charge in [-0.1, -0.05) is 85.7 Å². The number of halogens is 2. The SMILES string of the molecule is CC(C)CCC[C@@H](C)[C@@H]1CC[C@@H]2[C@@H]3CC[C@H]4CC(=O)C(Br)(Br)C[C@]4(C)[C@@H]3CC[C@]21C. The average Bonchev–Trinajstić information content (AvgIpc) is 2.99. The van der Waals surface area contributed by atoms with E-state index in [2.05, 4.69) is 66.5 Å². The summed E-state index contributed by atoms with van der Waals surface area (Å²) in [5.41, 5.74) is 0.873. The third-order valence-electron chi connectivity index (χ3n) is 10.7. The monoisotopic (exact) mass is 542 g/mol. The molecule has 0 amide bonds. The average molecular weight is 544 g/mol. The molecule has 0 aliphatic heterocycles. The van der Waals surface area contributed by atoms with Crippen LogP contribution in [0.25, 0.3) is 0 Å². The summed E-state index contributed by atoms with van der Waals surface area (Å²) in [4.78, 5) is 12.7. The third kappa shape index (κ3) is 3.92. The highest BCUT2D eigenvalue weighted by Gasteiger charge is 2.63. The maximum Gasteiger partial charge on any atom is 0.160 e. The highest BCUT2D eigenvalue weighted by molar-refractivity contribution is 9.25. The first-order valence-electron chi connectivity index (χ1n) is 12.9. The summed E-state index contributed by atoms with van der Waals surface area (Å²) in [5.74, 6) is 6.26. The lowest BCUT2D eigenvalue weighted by molar-refractivity contribution is -0.140. The van der Waals surface area contributed by atoms with E-state index < -0.39 is 3.23 Å². The van der Waals surface area contributed by atoms with Gasteiger partial charge in [0.05, 0.1) is 0 Å². The Kier molecular flexibility index (Phi) is 6.69. The van der Waals surface area contributed by atoms with Gasteiger partial charge in [0.25, 0.3) is 0 Å². The lowest BCUT2D eigenvalue weighted by Gasteiger charge is -2.61. The topological polar surface area (TPSA) is 17.1 Å². The van der Waals surface area contributed by atoms with E-state index >= 15 is 0 Å². The van der Waals surface area contributed by atoms with Gasteiger partial charge in [0, 0.05) is 6.42 Å². The van der Waals surface area contributed by atoms with Crippen molar-refractivity contribution in [3.05, 3.63) is 0 Å². The fourth-order valence-corrected chi connectivity index (χ4v) is 10.7. The predicted molar refractivity (Wildman–Crippen MR) is 134 cm³/mol. The molecule has 1 nitrogen and oxygen atoms in total. The molecule has 0 radical (unpaired) electrons. The standard InChI is InChI=1S/C27H44Br2O/c1-17(2)7-6-8-18(3)21-11-12-22-20-10-9-19-15-24(30)27(28,29)16-26(19,5)23(20)13-14-25(21,22)4/h17-23H,6-16H2,1-5H3/t18-,19+,20+,21+,22-,23-,25+,26+/m1/s1. The van der Waals surface area contributed by atoms with E-state index in [1.807, 2.05) is 0 Å². The van der Waals surface area contributed by atoms with Crippen LogP contribution in [0.4, 0.5) is 0 Å². The van der Waals surface area contributed by atoms with Gasteiger partial charge in [-0.25, -0.2) is 0 Å². The van der Waals surface area contributed by atoms with Crippen LogP contribution in [0.5, 0.6) is 0 Å². The molecule has 0 aromatic carbocycles. The Morgan fingerprint density at radius 3 is 2.33 bits per heavy atom. The van der Waals surface area contributed by atoms with Crippen LogP contribution in [0.1, 0.15) is 105 Å². The van der Waals surface area contributed by atoms with Crippen molar-refractivity contribution in [2.45, 2.75) is 108 Å². The van der Waals surface area contributed by atoms with E-state index in [9.17, 15) is 4.79 Å². The molecule has 0 bridgehead atoms. The summed E-state index contributed by atoms with van der Waals surface area (Å²) < 4.78 is -0.475. The second-order valence-corrected chi connectivity index (χ2v) is 16.5. The molecule has 4 aliphatic rings. The molecule has 0 aromatic rings. The molecular weight excluding hydrogens is 500 g/mol. The molecule has 0 unspecified atom stereocenters. The number of hydrogen-bond acceptors (Lipinski definition) is 1. The molecule has 0 heterocycles. The molecule has 172 valence electrons. The summed E-state index contributed by atoms with van der Waals surface area (Å²) >= 11 is 7.54. The van der Waals surface area contributed by atoms with Crippen molar-refractivity contribution >= 4 is 37.6 Å². The zero-order valence-electron chi connectivity index (χ0n) is 20.0. The van der Waals surface area contributed by atoms with Gasteiger partial charge in [0.1, 0.15) is 3.23 Å². The lowest BCUT2D eigenvalue weighted by atomic mass is 9.44. The van der Waals surface area contributed by atoms with Gasteiger partial charge in [-0.15, -0.1) is 0 Å². The van der Waals surface area contributed by atoms with Gasteiger partial charge in [-0.05, 0) is 97.2 Å². The van der Waals surface area contributed by atoms with Crippen LogP contribution in [-0.4, -0.2) is 9.02 Å². The molecule has 4 rings (SSSR count). The Balaban J connectivity index is 1.50. The fraction of sp³-hybridized carbons (Fsp3) is 0.963. The molecule has 4 aliphatic carbocycles.